The van der Waals surface area contributed by atoms with Crippen LogP contribution >= 0.6 is 0 Å². The molecule has 0 bridgehead atoms. The summed E-state index contributed by atoms with van der Waals surface area (Å²) < 4.78 is 17.6. The van der Waals surface area contributed by atoms with E-state index >= 15 is 0 Å². The number of rotatable bonds is 58. The maximum Gasteiger partial charge on any atom is 0.306 e. The molecule has 0 saturated carbocycles. The van der Waals surface area contributed by atoms with Gasteiger partial charge >= 0.3 is 5.97 Å². The van der Waals surface area contributed by atoms with Gasteiger partial charge in [0.15, 0.2) is 12.4 Å². The van der Waals surface area contributed by atoms with Gasteiger partial charge in [0, 0.05) is 6.42 Å². The van der Waals surface area contributed by atoms with Crippen molar-refractivity contribution in [1.29, 1.82) is 0 Å². The largest absolute Gasteiger partial charge is 0.454 e. The van der Waals surface area contributed by atoms with Gasteiger partial charge in [-0.2, -0.15) is 0 Å². The molecule has 11 heteroatoms. The molecule has 8 atom stereocenters. The molecule has 11 nitrogen and oxygen atoms in total. The van der Waals surface area contributed by atoms with Crippen molar-refractivity contribution < 1.29 is 49.3 Å². The summed E-state index contributed by atoms with van der Waals surface area (Å²) in [6.45, 7) is 5.72. The lowest BCUT2D eigenvalue weighted by Crippen LogP contribution is -2.61. The highest BCUT2D eigenvalue weighted by Gasteiger charge is 2.47. The van der Waals surface area contributed by atoms with Gasteiger partial charge in [-0.05, 0) is 103 Å². The number of hydrogen-bond acceptors (Lipinski definition) is 10. The number of hydrogen-bond donors (Lipinski definition) is 6. The van der Waals surface area contributed by atoms with E-state index in [1.54, 1.807) is 6.08 Å². The maximum absolute atomic E-state index is 13.5. The number of ether oxygens (including phenoxy) is 3. The molecule has 0 aromatic rings. The standard InChI is InChI=1S/C73H127NO10/c1-4-7-10-13-16-19-22-25-27-29-30-31-32-33-34-35-36-37-39-40-42-45-48-51-54-57-60-66(77)72(81)74-64(65(76)59-56-53-50-47-44-24-21-18-15-12-9-6-3)63-82-73-71(70(80)69(79)67(62-75)83-73)84-68(78)61-58-55-52-49-46-43-41-38-28-26-23-20-17-14-11-8-5-2/h16-17,19-20,25-28,30-31,41,43,49,52,56,59,64-67,69-71,73,75-77,79-80H,4-15,18,21-24,29,32-40,42,44-48,50-51,53-55,57-58,60-63H2,1-3H3,(H,74,81)/b19-16-,20-17-,27-25-,28-26-,31-30-,43-41-,52-49-,59-56+. The monoisotopic (exact) mass is 1180 g/mol. The van der Waals surface area contributed by atoms with Crippen LogP contribution in [-0.4, -0.2) is 99.6 Å². The zero-order chi connectivity index (χ0) is 61.0. The maximum atomic E-state index is 13.5. The van der Waals surface area contributed by atoms with E-state index in [0.29, 0.717) is 19.3 Å². The normalized spacial score (nSPS) is 19.1. The van der Waals surface area contributed by atoms with Gasteiger partial charge in [-0.1, -0.05) is 279 Å². The third kappa shape index (κ3) is 46.8. The van der Waals surface area contributed by atoms with Crippen molar-refractivity contribution in [1.82, 2.24) is 5.32 Å². The Morgan fingerprint density at radius 1 is 0.464 bits per heavy atom. The lowest BCUT2D eigenvalue weighted by Gasteiger charge is -2.41. The van der Waals surface area contributed by atoms with E-state index in [1.807, 2.05) is 12.2 Å². The molecule has 0 radical (unpaired) electrons. The Balaban J connectivity index is 2.61. The Hall–Kier alpha value is -3.42. The summed E-state index contributed by atoms with van der Waals surface area (Å²) in [7, 11) is 0. The number of aliphatic hydroxyl groups excluding tert-OH is 5. The average Bonchev–Trinajstić information content (AvgIpc) is 3.69. The lowest BCUT2D eigenvalue weighted by atomic mass is 9.99. The van der Waals surface area contributed by atoms with E-state index in [4.69, 9.17) is 14.2 Å². The summed E-state index contributed by atoms with van der Waals surface area (Å²) in [5.41, 5.74) is 0. The van der Waals surface area contributed by atoms with Crippen LogP contribution < -0.4 is 5.32 Å². The van der Waals surface area contributed by atoms with Crippen molar-refractivity contribution in [3.8, 4) is 0 Å². The van der Waals surface area contributed by atoms with Gasteiger partial charge in [-0.3, -0.25) is 9.59 Å². The number of aliphatic hydroxyl groups is 5. The molecule has 0 aliphatic carbocycles. The second kappa shape index (κ2) is 59.9. The minimum Gasteiger partial charge on any atom is -0.454 e. The molecule has 0 aromatic carbocycles. The molecule has 1 aliphatic rings. The molecular weight excluding hydrogens is 1050 g/mol. The smallest absolute Gasteiger partial charge is 0.306 e. The van der Waals surface area contributed by atoms with Crippen LogP contribution in [0.25, 0.3) is 0 Å². The molecule has 1 fully saturated rings. The fourth-order valence-electron chi connectivity index (χ4n) is 10.2. The second-order valence-electron chi connectivity index (χ2n) is 23.6. The third-order valence-electron chi connectivity index (χ3n) is 15.7. The van der Waals surface area contributed by atoms with Crippen LogP contribution in [0.4, 0.5) is 0 Å². The number of unbranched alkanes of at least 4 members (excludes halogenated alkanes) is 30. The van der Waals surface area contributed by atoms with Crippen LogP contribution in [0.2, 0.25) is 0 Å². The molecule has 84 heavy (non-hydrogen) atoms. The zero-order valence-corrected chi connectivity index (χ0v) is 53.7. The summed E-state index contributed by atoms with van der Waals surface area (Å²) in [6, 6.07) is -1.04. The summed E-state index contributed by atoms with van der Waals surface area (Å²) in [5, 5.41) is 57.1. The Kier molecular flexibility index (Phi) is 56.0. The summed E-state index contributed by atoms with van der Waals surface area (Å²) >= 11 is 0. The fraction of sp³-hybridized carbons (Fsp3) is 0.753. The second-order valence-corrected chi connectivity index (χ2v) is 23.6. The van der Waals surface area contributed by atoms with E-state index in [9.17, 15) is 35.1 Å². The Bertz CT molecular complexity index is 1740. The average molecular weight is 1180 g/mol. The van der Waals surface area contributed by atoms with Crippen molar-refractivity contribution in [3.05, 3.63) is 97.2 Å². The molecular formula is C73H127NO10. The molecule has 0 aromatic heterocycles. The van der Waals surface area contributed by atoms with Crippen LogP contribution in [-0.2, 0) is 23.8 Å². The summed E-state index contributed by atoms with van der Waals surface area (Å²) in [6.07, 6.45) is 70.2. The Morgan fingerprint density at radius 2 is 0.821 bits per heavy atom. The van der Waals surface area contributed by atoms with Crippen molar-refractivity contribution in [2.75, 3.05) is 13.2 Å². The van der Waals surface area contributed by atoms with Crippen LogP contribution in [0.1, 0.15) is 290 Å². The van der Waals surface area contributed by atoms with Gasteiger partial charge in [0.25, 0.3) is 0 Å². The number of amides is 1. The first-order chi connectivity index (χ1) is 41.2. The van der Waals surface area contributed by atoms with Crippen molar-refractivity contribution >= 4 is 11.9 Å². The molecule has 1 saturated heterocycles. The molecule has 8 unspecified atom stereocenters. The van der Waals surface area contributed by atoms with Crippen LogP contribution in [0.5, 0.6) is 0 Å². The molecule has 1 amide bonds. The van der Waals surface area contributed by atoms with Gasteiger partial charge in [0.1, 0.15) is 24.4 Å². The number of esters is 1. The molecule has 6 N–H and O–H groups in total. The van der Waals surface area contributed by atoms with Crippen molar-refractivity contribution in [2.45, 2.75) is 339 Å². The lowest BCUT2D eigenvalue weighted by molar-refractivity contribution is -0.305. The third-order valence-corrected chi connectivity index (χ3v) is 15.7. The predicted octanol–water partition coefficient (Wildman–Crippen LogP) is 17.5. The highest BCUT2D eigenvalue weighted by molar-refractivity contribution is 5.80. The topological polar surface area (TPSA) is 175 Å². The molecule has 1 aliphatic heterocycles. The minimum atomic E-state index is -1.64. The van der Waals surface area contributed by atoms with Crippen LogP contribution in [0.15, 0.2) is 97.2 Å². The Morgan fingerprint density at radius 3 is 1.25 bits per heavy atom. The summed E-state index contributed by atoms with van der Waals surface area (Å²) in [5.74, 6) is -1.25. The fourth-order valence-corrected chi connectivity index (χ4v) is 10.2. The molecule has 484 valence electrons. The van der Waals surface area contributed by atoms with E-state index in [2.05, 4.69) is 105 Å². The SMILES string of the molecule is CCCCC/C=C\C/C=C\C/C=C\C/C=C\CCCC(=O)OC1C(OCC(NC(=O)C(O)CCCCCCCCCCCCCCC/C=C\C/C=C\C/C=C\CCCCC)C(O)/C=C/CCCCCCCCCCCC)OC(CO)C(O)C1O. The number of carbonyl (C=O) groups excluding carboxylic acids is 2. The first-order valence-electron chi connectivity index (χ1n) is 34.5. The van der Waals surface area contributed by atoms with E-state index in [1.165, 1.54) is 161 Å². The van der Waals surface area contributed by atoms with Gasteiger partial charge in [0.05, 0.1) is 25.4 Å². The number of nitrogens with one attached hydrogen (secondary N) is 1. The Labute approximate surface area is 514 Å². The van der Waals surface area contributed by atoms with Crippen LogP contribution in [0, 0.1) is 0 Å². The highest BCUT2D eigenvalue weighted by Crippen LogP contribution is 2.26. The van der Waals surface area contributed by atoms with E-state index in [-0.39, 0.29) is 19.4 Å². The highest BCUT2D eigenvalue weighted by atomic mass is 16.7. The van der Waals surface area contributed by atoms with Gasteiger partial charge in [-0.15, -0.1) is 0 Å². The predicted molar refractivity (Wildman–Crippen MR) is 352 cm³/mol. The first-order valence-corrected chi connectivity index (χ1v) is 34.5. The first kappa shape index (κ1) is 78.6. The molecule has 0 spiro atoms. The van der Waals surface area contributed by atoms with Gasteiger partial charge in [-0.25, -0.2) is 0 Å². The zero-order valence-electron chi connectivity index (χ0n) is 53.7. The van der Waals surface area contributed by atoms with Crippen LogP contribution in [0.3, 0.4) is 0 Å². The van der Waals surface area contributed by atoms with E-state index < -0.39 is 67.4 Å². The molecule has 1 heterocycles. The van der Waals surface area contributed by atoms with Crippen molar-refractivity contribution in [2.24, 2.45) is 0 Å². The van der Waals surface area contributed by atoms with Gasteiger partial charge in [0.2, 0.25) is 5.91 Å². The number of carbonyl (C=O) groups is 2. The van der Waals surface area contributed by atoms with Crippen molar-refractivity contribution in [3.63, 3.8) is 0 Å². The minimum absolute atomic E-state index is 0.0446. The van der Waals surface area contributed by atoms with E-state index in [0.717, 1.165) is 77.0 Å². The number of allylic oxidation sites excluding steroid dienone is 15. The van der Waals surface area contributed by atoms with Gasteiger partial charge < -0.3 is 45.1 Å². The summed E-state index contributed by atoms with van der Waals surface area (Å²) in [4.78, 5) is 26.6. The quantitative estimate of drug-likeness (QED) is 0.0195. The molecule has 1 rings (SSSR count).